The summed E-state index contributed by atoms with van der Waals surface area (Å²) >= 11 is 3.43. The third kappa shape index (κ3) is 3.58. The van der Waals surface area contributed by atoms with Gasteiger partial charge in [-0.1, -0.05) is 26.0 Å². The van der Waals surface area contributed by atoms with Crippen LogP contribution in [0.15, 0.2) is 29.0 Å². The topological polar surface area (TPSA) is 60.2 Å². The van der Waals surface area contributed by atoms with Gasteiger partial charge in [-0.05, 0) is 27.9 Å². The fraction of sp³-hybridized carbons (Fsp3) is 0.429. The molecule has 0 saturated heterocycles. The smallest absolute Gasteiger partial charge is 0.164 e. The summed E-state index contributed by atoms with van der Waals surface area (Å²) in [5.74, 6) is 1.92. The number of halogens is 1. The van der Waals surface area contributed by atoms with Crippen LogP contribution in [0.1, 0.15) is 25.2 Å². The highest BCUT2D eigenvalue weighted by molar-refractivity contribution is 9.10. The molecule has 1 aromatic carbocycles. The first-order chi connectivity index (χ1) is 9.61. The van der Waals surface area contributed by atoms with E-state index in [4.69, 9.17) is 4.74 Å². The second-order valence-corrected chi connectivity index (χ2v) is 5.78. The van der Waals surface area contributed by atoms with Gasteiger partial charge in [0, 0.05) is 12.1 Å². The first-order valence-electron chi connectivity index (χ1n) is 6.49. The van der Waals surface area contributed by atoms with Gasteiger partial charge in [0.25, 0.3) is 0 Å². The fourth-order valence-electron chi connectivity index (χ4n) is 1.87. The molecule has 20 heavy (non-hydrogen) atoms. The van der Waals surface area contributed by atoms with Gasteiger partial charge in [-0.3, -0.25) is 0 Å². The maximum absolute atomic E-state index is 9.34. The van der Waals surface area contributed by atoms with E-state index in [1.807, 2.05) is 22.9 Å². The third-order valence-electron chi connectivity index (χ3n) is 2.80. The Morgan fingerprint density at radius 1 is 1.40 bits per heavy atom. The van der Waals surface area contributed by atoms with Crippen LogP contribution in [-0.2, 0) is 19.8 Å². The number of para-hydroxylation sites is 1. The maximum atomic E-state index is 9.34. The van der Waals surface area contributed by atoms with Crippen molar-refractivity contribution in [1.29, 1.82) is 0 Å². The highest BCUT2D eigenvalue weighted by Crippen LogP contribution is 2.29. The largest absolute Gasteiger partial charge is 0.484 e. The van der Waals surface area contributed by atoms with Crippen LogP contribution in [0.25, 0.3) is 0 Å². The van der Waals surface area contributed by atoms with Crippen LogP contribution in [-0.4, -0.2) is 19.9 Å². The molecular weight excluding hydrogens is 322 g/mol. The highest BCUT2D eigenvalue weighted by Gasteiger charge is 2.11. The van der Waals surface area contributed by atoms with Crippen LogP contribution in [0.2, 0.25) is 0 Å². The van der Waals surface area contributed by atoms with E-state index in [-0.39, 0.29) is 6.61 Å². The molecule has 0 bridgehead atoms. The highest BCUT2D eigenvalue weighted by atomic mass is 79.9. The zero-order valence-corrected chi connectivity index (χ0v) is 13.2. The van der Waals surface area contributed by atoms with E-state index in [1.54, 1.807) is 0 Å². The second kappa shape index (κ2) is 6.85. The number of ether oxygens (including phenoxy) is 1. The lowest BCUT2D eigenvalue weighted by molar-refractivity contribution is 0.250. The average Bonchev–Trinajstić information content (AvgIpc) is 2.83. The Morgan fingerprint density at radius 2 is 2.20 bits per heavy atom. The fourth-order valence-corrected chi connectivity index (χ4v) is 2.40. The first-order valence-corrected chi connectivity index (χ1v) is 7.28. The standard InChI is InChI=1S/C14H18BrN3O2/c1-10(2)6-18-13(16-9-17-18)8-20-14-11(7-19)4-3-5-12(14)15/h3-5,9-10,19H,6-8H2,1-2H3. The Morgan fingerprint density at radius 3 is 2.90 bits per heavy atom. The van der Waals surface area contributed by atoms with E-state index in [2.05, 4.69) is 39.9 Å². The minimum Gasteiger partial charge on any atom is -0.484 e. The molecule has 0 amide bonds. The van der Waals surface area contributed by atoms with Gasteiger partial charge in [-0.2, -0.15) is 5.10 Å². The van der Waals surface area contributed by atoms with Crippen molar-refractivity contribution in [3.63, 3.8) is 0 Å². The minimum atomic E-state index is -0.0620. The number of aliphatic hydroxyl groups is 1. The molecule has 0 spiro atoms. The van der Waals surface area contributed by atoms with E-state index in [1.165, 1.54) is 6.33 Å². The van der Waals surface area contributed by atoms with Crippen molar-refractivity contribution in [2.75, 3.05) is 0 Å². The van der Waals surface area contributed by atoms with Crippen molar-refractivity contribution in [2.24, 2.45) is 5.92 Å². The Bertz CT molecular complexity index is 569. The zero-order valence-electron chi connectivity index (χ0n) is 11.6. The number of aromatic nitrogens is 3. The van der Waals surface area contributed by atoms with Crippen LogP contribution in [0.3, 0.4) is 0 Å². The third-order valence-corrected chi connectivity index (χ3v) is 3.42. The van der Waals surface area contributed by atoms with Crippen LogP contribution >= 0.6 is 15.9 Å². The molecule has 1 heterocycles. The molecule has 0 saturated carbocycles. The molecule has 0 aliphatic heterocycles. The van der Waals surface area contributed by atoms with Gasteiger partial charge in [0.15, 0.2) is 5.82 Å². The zero-order chi connectivity index (χ0) is 14.5. The van der Waals surface area contributed by atoms with Crippen molar-refractivity contribution < 1.29 is 9.84 Å². The molecule has 0 aliphatic carbocycles. The van der Waals surface area contributed by atoms with E-state index >= 15 is 0 Å². The van der Waals surface area contributed by atoms with Crippen molar-refractivity contribution in [2.45, 2.75) is 33.6 Å². The Balaban J connectivity index is 2.11. The molecule has 6 heteroatoms. The van der Waals surface area contributed by atoms with Crippen molar-refractivity contribution >= 4 is 15.9 Å². The predicted molar refractivity (Wildman–Crippen MR) is 79.3 cm³/mol. The molecule has 0 unspecified atom stereocenters. The lowest BCUT2D eigenvalue weighted by atomic mass is 10.2. The number of hydrogen-bond donors (Lipinski definition) is 1. The van der Waals surface area contributed by atoms with E-state index in [0.717, 1.165) is 22.4 Å². The summed E-state index contributed by atoms with van der Waals surface area (Å²) in [6.45, 7) is 5.32. The molecular formula is C14H18BrN3O2. The summed E-state index contributed by atoms with van der Waals surface area (Å²) in [6.07, 6.45) is 1.54. The molecule has 2 aromatic rings. The minimum absolute atomic E-state index is 0.0620. The molecule has 1 N–H and O–H groups in total. The van der Waals surface area contributed by atoms with Crippen LogP contribution in [0.4, 0.5) is 0 Å². The van der Waals surface area contributed by atoms with Crippen LogP contribution < -0.4 is 4.74 Å². The maximum Gasteiger partial charge on any atom is 0.164 e. The molecule has 0 radical (unpaired) electrons. The molecule has 0 atom stereocenters. The number of nitrogens with zero attached hydrogens (tertiary/aromatic N) is 3. The summed E-state index contributed by atoms with van der Waals surface area (Å²) in [5.41, 5.74) is 0.745. The monoisotopic (exact) mass is 339 g/mol. The Hall–Kier alpha value is -1.40. The molecule has 0 aliphatic rings. The SMILES string of the molecule is CC(C)Cn1ncnc1COc1c(Br)cccc1CO. The summed E-state index contributed by atoms with van der Waals surface area (Å²) in [5, 5.41) is 13.5. The normalized spacial score (nSPS) is 11.1. The van der Waals surface area contributed by atoms with Gasteiger partial charge in [-0.15, -0.1) is 0 Å². The molecule has 0 fully saturated rings. The lowest BCUT2D eigenvalue weighted by Crippen LogP contribution is -2.12. The number of rotatable bonds is 6. The molecule has 5 nitrogen and oxygen atoms in total. The average molecular weight is 340 g/mol. The van der Waals surface area contributed by atoms with Gasteiger partial charge >= 0.3 is 0 Å². The first kappa shape index (κ1) is 15.0. The van der Waals surface area contributed by atoms with Crippen LogP contribution in [0.5, 0.6) is 5.75 Å². The van der Waals surface area contributed by atoms with Crippen LogP contribution in [0, 0.1) is 5.92 Å². The molecule has 2 rings (SSSR count). The van der Waals surface area contributed by atoms with Gasteiger partial charge in [0.2, 0.25) is 0 Å². The number of aliphatic hydroxyl groups excluding tert-OH is 1. The summed E-state index contributed by atoms with van der Waals surface area (Å²) in [4.78, 5) is 4.22. The summed E-state index contributed by atoms with van der Waals surface area (Å²) in [6, 6.07) is 5.58. The van der Waals surface area contributed by atoms with E-state index < -0.39 is 0 Å². The van der Waals surface area contributed by atoms with Gasteiger partial charge in [-0.25, -0.2) is 9.67 Å². The summed E-state index contributed by atoms with van der Waals surface area (Å²) < 4.78 is 8.46. The second-order valence-electron chi connectivity index (χ2n) is 4.93. The van der Waals surface area contributed by atoms with Gasteiger partial charge < -0.3 is 9.84 Å². The van der Waals surface area contributed by atoms with Gasteiger partial charge in [0.1, 0.15) is 18.7 Å². The molecule has 108 valence electrons. The summed E-state index contributed by atoms with van der Waals surface area (Å²) in [7, 11) is 0. The Labute approximate surface area is 126 Å². The molecule has 1 aromatic heterocycles. The van der Waals surface area contributed by atoms with E-state index in [0.29, 0.717) is 18.3 Å². The van der Waals surface area contributed by atoms with Crippen molar-refractivity contribution in [3.05, 3.63) is 40.4 Å². The lowest BCUT2D eigenvalue weighted by Gasteiger charge is -2.13. The van der Waals surface area contributed by atoms with Gasteiger partial charge in [0.05, 0.1) is 11.1 Å². The van der Waals surface area contributed by atoms with Crippen molar-refractivity contribution in [1.82, 2.24) is 14.8 Å². The number of benzene rings is 1. The number of hydrogen-bond acceptors (Lipinski definition) is 4. The van der Waals surface area contributed by atoms with E-state index in [9.17, 15) is 5.11 Å². The predicted octanol–water partition coefficient (Wildman–Crippen LogP) is 2.77. The quantitative estimate of drug-likeness (QED) is 0.878. The van der Waals surface area contributed by atoms with Crippen molar-refractivity contribution in [3.8, 4) is 5.75 Å². The Kier molecular flexibility index (Phi) is 5.14.